The Kier molecular flexibility index (Phi) is 5.12. The molecule has 3 N–H and O–H groups in total. The first-order valence-electron chi connectivity index (χ1n) is 10.9. The molecule has 7 nitrogen and oxygen atoms in total. The van der Waals surface area contributed by atoms with Crippen molar-refractivity contribution in [3.05, 3.63) is 35.4 Å². The first-order valence-corrected chi connectivity index (χ1v) is 10.9. The lowest BCUT2D eigenvalue weighted by Crippen LogP contribution is -2.52. The summed E-state index contributed by atoms with van der Waals surface area (Å²) in [5, 5.41) is 15.6. The molecule has 1 aromatic carbocycles. The van der Waals surface area contributed by atoms with E-state index in [-0.39, 0.29) is 29.9 Å². The van der Waals surface area contributed by atoms with Crippen LogP contribution in [0.15, 0.2) is 24.3 Å². The van der Waals surface area contributed by atoms with Crippen LogP contribution in [0.25, 0.3) is 0 Å². The fourth-order valence-corrected chi connectivity index (χ4v) is 4.29. The third-order valence-electron chi connectivity index (χ3n) is 6.88. The molecule has 0 bridgehead atoms. The van der Waals surface area contributed by atoms with E-state index in [0.717, 1.165) is 18.4 Å². The zero-order valence-electron chi connectivity index (χ0n) is 17.9. The van der Waals surface area contributed by atoms with E-state index in [9.17, 15) is 19.5 Å². The van der Waals surface area contributed by atoms with Gasteiger partial charge in [-0.15, -0.1) is 0 Å². The molecule has 3 fully saturated rings. The standard InChI is InChI=1S/C23H31N3O4/c1-14-4-5-15(2)26(14)19(27)18-8-6-17(7-9-18)16(3)24-20(28)22(10-11-22)25-21(29)23(30)12-13-23/h6-9,14-16,30H,4-5,10-13H2,1-3H3,(H,24,28)(H,25,29). The van der Waals surface area contributed by atoms with E-state index < -0.39 is 17.0 Å². The SMILES string of the molecule is CC(NC(=O)C1(NC(=O)C2(O)CC2)CC1)c1ccc(C(=O)N2C(C)CCC2C)cc1. The lowest BCUT2D eigenvalue weighted by Gasteiger charge is -2.26. The Balaban J connectivity index is 1.37. The molecule has 1 aromatic rings. The molecule has 4 rings (SSSR count). The average molecular weight is 414 g/mol. The van der Waals surface area contributed by atoms with Crippen LogP contribution < -0.4 is 10.6 Å². The van der Waals surface area contributed by atoms with Gasteiger partial charge in [0.25, 0.3) is 11.8 Å². The highest BCUT2D eigenvalue weighted by Gasteiger charge is 2.56. The smallest absolute Gasteiger partial charge is 0.254 e. The number of nitrogens with zero attached hydrogens (tertiary/aromatic N) is 1. The van der Waals surface area contributed by atoms with Crippen LogP contribution in [0.1, 0.15) is 81.3 Å². The third kappa shape index (κ3) is 3.83. The van der Waals surface area contributed by atoms with Gasteiger partial charge in [0.15, 0.2) is 0 Å². The molecule has 0 radical (unpaired) electrons. The zero-order chi connectivity index (χ0) is 21.7. The first kappa shape index (κ1) is 20.8. The van der Waals surface area contributed by atoms with Crippen molar-refractivity contribution in [3.63, 3.8) is 0 Å². The van der Waals surface area contributed by atoms with E-state index in [1.807, 2.05) is 36.1 Å². The Morgan fingerprint density at radius 2 is 1.57 bits per heavy atom. The molecule has 3 unspecified atom stereocenters. The van der Waals surface area contributed by atoms with Gasteiger partial charge in [0.1, 0.15) is 11.1 Å². The molecule has 3 aliphatic rings. The summed E-state index contributed by atoms with van der Waals surface area (Å²) in [4.78, 5) is 39.7. The lowest BCUT2D eigenvalue weighted by molar-refractivity contribution is -0.136. The number of nitrogens with one attached hydrogen (secondary N) is 2. The Labute approximate surface area is 177 Å². The van der Waals surface area contributed by atoms with Crippen molar-refractivity contribution in [1.29, 1.82) is 0 Å². The van der Waals surface area contributed by atoms with Crippen LogP contribution in [0.3, 0.4) is 0 Å². The van der Waals surface area contributed by atoms with Crippen LogP contribution >= 0.6 is 0 Å². The third-order valence-corrected chi connectivity index (χ3v) is 6.88. The van der Waals surface area contributed by atoms with Gasteiger partial charge in [-0.05, 0) is 77.0 Å². The molecule has 30 heavy (non-hydrogen) atoms. The Morgan fingerprint density at radius 3 is 2.07 bits per heavy atom. The second-order valence-electron chi connectivity index (χ2n) is 9.37. The zero-order valence-corrected chi connectivity index (χ0v) is 17.9. The van der Waals surface area contributed by atoms with Crippen LogP contribution in [0.4, 0.5) is 0 Å². The average Bonchev–Trinajstić information content (AvgIpc) is 3.63. The quantitative estimate of drug-likeness (QED) is 0.665. The highest BCUT2D eigenvalue weighted by atomic mass is 16.3. The number of amides is 3. The topological polar surface area (TPSA) is 98.7 Å². The summed E-state index contributed by atoms with van der Waals surface area (Å²) in [6.45, 7) is 6.05. The molecule has 1 saturated heterocycles. The Hall–Kier alpha value is -2.41. The molecule has 1 heterocycles. The van der Waals surface area contributed by atoms with E-state index >= 15 is 0 Å². The molecular formula is C23H31N3O4. The Bertz CT molecular complexity index is 848. The maximum absolute atomic E-state index is 12.9. The van der Waals surface area contributed by atoms with Gasteiger partial charge in [-0.25, -0.2) is 0 Å². The minimum absolute atomic E-state index is 0.0494. The van der Waals surface area contributed by atoms with Crippen molar-refractivity contribution in [2.24, 2.45) is 0 Å². The van der Waals surface area contributed by atoms with Gasteiger partial charge in [-0.3, -0.25) is 14.4 Å². The molecule has 0 aromatic heterocycles. The molecule has 7 heteroatoms. The van der Waals surface area contributed by atoms with Crippen LogP contribution in [0.2, 0.25) is 0 Å². The number of rotatable bonds is 6. The van der Waals surface area contributed by atoms with E-state index in [1.54, 1.807) is 0 Å². The molecule has 2 saturated carbocycles. The summed E-state index contributed by atoms with van der Waals surface area (Å²) in [5.41, 5.74) is -0.637. The maximum atomic E-state index is 12.9. The number of hydrogen-bond acceptors (Lipinski definition) is 4. The molecule has 3 atom stereocenters. The second kappa shape index (κ2) is 7.38. The monoisotopic (exact) mass is 413 g/mol. The first-order chi connectivity index (χ1) is 14.2. The number of aliphatic hydroxyl groups is 1. The van der Waals surface area contributed by atoms with Crippen molar-refractivity contribution in [2.45, 2.75) is 88.6 Å². The van der Waals surface area contributed by atoms with Crippen molar-refractivity contribution in [3.8, 4) is 0 Å². The normalized spacial score (nSPS) is 26.6. The largest absolute Gasteiger partial charge is 0.380 e. The van der Waals surface area contributed by atoms with Gasteiger partial charge in [0.05, 0.1) is 6.04 Å². The van der Waals surface area contributed by atoms with Gasteiger partial charge in [-0.2, -0.15) is 0 Å². The summed E-state index contributed by atoms with van der Waals surface area (Å²) < 4.78 is 0. The van der Waals surface area contributed by atoms with Crippen molar-refractivity contribution < 1.29 is 19.5 Å². The van der Waals surface area contributed by atoms with Gasteiger partial charge in [0, 0.05) is 17.6 Å². The molecule has 0 spiro atoms. The van der Waals surface area contributed by atoms with Gasteiger partial charge in [0.2, 0.25) is 5.91 Å². The summed E-state index contributed by atoms with van der Waals surface area (Å²) in [6, 6.07) is 7.62. The highest BCUT2D eigenvalue weighted by Crippen LogP contribution is 2.40. The predicted octanol–water partition coefficient (Wildman–Crippen LogP) is 2.05. The molecule has 3 amide bonds. The summed E-state index contributed by atoms with van der Waals surface area (Å²) in [7, 11) is 0. The molecule has 1 aliphatic heterocycles. The predicted molar refractivity (Wildman–Crippen MR) is 112 cm³/mol. The fourth-order valence-electron chi connectivity index (χ4n) is 4.29. The minimum Gasteiger partial charge on any atom is -0.380 e. The number of hydrogen-bond donors (Lipinski definition) is 3. The van der Waals surface area contributed by atoms with E-state index in [0.29, 0.717) is 31.2 Å². The van der Waals surface area contributed by atoms with Gasteiger partial charge in [-0.1, -0.05) is 12.1 Å². The molecular weight excluding hydrogens is 382 g/mol. The van der Waals surface area contributed by atoms with E-state index in [4.69, 9.17) is 0 Å². The van der Waals surface area contributed by atoms with Crippen LogP contribution in [-0.2, 0) is 9.59 Å². The summed E-state index contributed by atoms with van der Waals surface area (Å²) in [5.74, 6) is -0.628. The van der Waals surface area contributed by atoms with Gasteiger partial charge < -0.3 is 20.6 Å². The highest BCUT2D eigenvalue weighted by molar-refractivity contribution is 5.97. The lowest BCUT2D eigenvalue weighted by atomic mass is 10.0. The maximum Gasteiger partial charge on any atom is 0.254 e. The van der Waals surface area contributed by atoms with Crippen molar-refractivity contribution in [1.82, 2.24) is 15.5 Å². The number of carbonyl (C=O) groups is 3. The van der Waals surface area contributed by atoms with Gasteiger partial charge >= 0.3 is 0 Å². The number of carbonyl (C=O) groups excluding carboxylic acids is 3. The molecule has 2 aliphatic carbocycles. The van der Waals surface area contributed by atoms with Crippen LogP contribution in [0.5, 0.6) is 0 Å². The number of benzene rings is 1. The van der Waals surface area contributed by atoms with Crippen molar-refractivity contribution >= 4 is 17.7 Å². The molecule has 162 valence electrons. The van der Waals surface area contributed by atoms with E-state index in [2.05, 4.69) is 24.5 Å². The van der Waals surface area contributed by atoms with E-state index in [1.165, 1.54) is 0 Å². The Morgan fingerprint density at radius 1 is 1.00 bits per heavy atom. The summed E-state index contributed by atoms with van der Waals surface area (Å²) >= 11 is 0. The van der Waals surface area contributed by atoms with Crippen molar-refractivity contribution in [2.75, 3.05) is 0 Å². The minimum atomic E-state index is -1.28. The van der Waals surface area contributed by atoms with Crippen LogP contribution in [0, 0.1) is 0 Å². The second-order valence-corrected chi connectivity index (χ2v) is 9.37. The summed E-state index contributed by atoms with van der Waals surface area (Å²) in [6.07, 6.45) is 4.12. The number of likely N-dealkylation sites (tertiary alicyclic amines) is 1. The van der Waals surface area contributed by atoms with Crippen LogP contribution in [-0.4, -0.2) is 51.0 Å². The fraction of sp³-hybridized carbons (Fsp3) is 0.609.